The van der Waals surface area contributed by atoms with E-state index in [9.17, 15) is 0 Å². The first-order valence-corrected chi connectivity index (χ1v) is 7.33. The van der Waals surface area contributed by atoms with Gasteiger partial charge in [-0.05, 0) is 32.2 Å². The molecule has 0 amide bonds. The van der Waals surface area contributed by atoms with Crippen molar-refractivity contribution in [1.29, 1.82) is 0 Å². The molecule has 1 aromatic carbocycles. The van der Waals surface area contributed by atoms with E-state index in [0.717, 1.165) is 35.5 Å². The normalized spacial score (nSPS) is 22.2. The average molecular weight is 329 g/mol. The lowest BCUT2D eigenvalue weighted by Gasteiger charge is -2.30. The SMILES string of the molecule is C[C@H](N)c1cc(Br)ccc1OCC1CN(C)CCO1. The second-order valence-electron chi connectivity index (χ2n) is 5.04. The molecule has 0 radical (unpaired) electrons. The van der Waals surface area contributed by atoms with Crippen molar-refractivity contribution in [3.63, 3.8) is 0 Å². The molecule has 1 fully saturated rings. The minimum atomic E-state index is -0.0533. The van der Waals surface area contributed by atoms with E-state index < -0.39 is 0 Å². The topological polar surface area (TPSA) is 47.7 Å². The Morgan fingerprint density at radius 2 is 2.37 bits per heavy atom. The van der Waals surface area contributed by atoms with E-state index in [1.165, 1.54) is 0 Å². The van der Waals surface area contributed by atoms with Gasteiger partial charge in [0.05, 0.1) is 6.61 Å². The van der Waals surface area contributed by atoms with E-state index in [1.54, 1.807) is 0 Å². The summed E-state index contributed by atoms with van der Waals surface area (Å²) in [7, 11) is 2.10. The average Bonchev–Trinajstić information content (AvgIpc) is 2.37. The van der Waals surface area contributed by atoms with Crippen LogP contribution in [0, 0.1) is 0 Å². The quantitative estimate of drug-likeness (QED) is 0.920. The molecule has 1 saturated heterocycles. The third kappa shape index (κ3) is 4.18. The molecule has 1 heterocycles. The van der Waals surface area contributed by atoms with Gasteiger partial charge in [-0.2, -0.15) is 0 Å². The van der Waals surface area contributed by atoms with Crippen molar-refractivity contribution in [3.8, 4) is 5.75 Å². The molecule has 0 saturated carbocycles. The van der Waals surface area contributed by atoms with E-state index in [0.29, 0.717) is 6.61 Å². The van der Waals surface area contributed by atoms with Gasteiger partial charge in [-0.15, -0.1) is 0 Å². The number of rotatable bonds is 4. The van der Waals surface area contributed by atoms with Crippen LogP contribution in [-0.4, -0.2) is 44.4 Å². The van der Waals surface area contributed by atoms with E-state index >= 15 is 0 Å². The summed E-state index contributed by atoms with van der Waals surface area (Å²) in [5.41, 5.74) is 6.99. The summed E-state index contributed by atoms with van der Waals surface area (Å²) in [6, 6.07) is 5.88. The van der Waals surface area contributed by atoms with Crippen molar-refractivity contribution in [2.75, 3.05) is 33.4 Å². The van der Waals surface area contributed by atoms with Crippen LogP contribution in [0.15, 0.2) is 22.7 Å². The van der Waals surface area contributed by atoms with Gasteiger partial charge < -0.3 is 20.1 Å². The highest BCUT2D eigenvalue weighted by Gasteiger charge is 2.19. The maximum Gasteiger partial charge on any atom is 0.124 e. The van der Waals surface area contributed by atoms with Gasteiger partial charge >= 0.3 is 0 Å². The molecule has 0 bridgehead atoms. The highest BCUT2D eigenvalue weighted by atomic mass is 79.9. The third-order valence-corrected chi connectivity index (χ3v) is 3.72. The lowest BCUT2D eigenvalue weighted by molar-refractivity contribution is -0.0405. The minimum absolute atomic E-state index is 0.0533. The summed E-state index contributed by atoms with van der Waals surface area (Å²) in [6.45, 7) is 5.18. The molecule has 106 valence electrons. The Hall–Kier alpha value is -0.620. The highest BCUT2D eigenvalue weighted by molar-refractivity contribution is 9.10. The predicted octanol–water partition coefficient (Wildman–Crippen LogP) is 2.18. The van der Waals surface area contributed by atoms with Crippen LogP contribution in [0.5, 0.6) is 5.75 Å². The molecule has 1 aliphatic heterocycles. The van der Waals surface area contributed by atoms with Crippen molar-refractivity contribution in [1.82, 2.24) is 4.90 Å². The first-order valence-electron chi connectivity index (χ1n) is 6.54. The van der Waals surface area contributed by atoms with Crippen LogP contribution < -0.4 is 10.5 Å². The highest BCUT2D eigenvalue weighted by Crippen LogP contribution is 2.27. The zero-order chi connectivity index (χ0) is 13.8. The smallest absolute Gasteiger partial charge is 0.124 e. The lowest BCUT2D eigenvalue weighted by atomic mass is 10.1. The summed E-state index contributed by atoms with van der Waals surface area (Å²) in [6.07, 6.45) is 0.128. The number of nitrogens with two attached hydrogens (primary N) is 1. The molecule has 0 aromatic heterocycles. The first-order chi connectivity index (χ1) is 9.06. The number of nitrogens with zero attached hydrogens (tertiary/aromatic N) is 1. The number of hydrogen-bond acceptors (Lipinski definition) is 4. The zero-order valence-electron chi connectivity index (χ0n) is 11.4. The Kier molecular flexibility index (Phi) is 5.21. The Balaban J connectivity index is 1.99. The number of halogens is 1. The predicted molar refractivity (Wildman–Crippen MR) is 79.5 cm³/mol. The van der Waals surface area contributed by atoms with Crippen molar-refractivity contribution in [2.45, 2.75) is 19.1 Å². The summed E-state index contributed by atoms with van der Waals surface area (Å²) in [5, 5.41) is 0. The number of hydrogen-bond donors (Lipinski definition) is 1. The van der Waals surface area contributed by atoms with Crippen LogP contribution in [0.4, 0.5) is 0 Å². The van der Waals surface area contributed by atoms with Crippen molar-refractivity contribution < 1.29 is 9.47 Å². The van der Waals surface area contributed by atoms with Crippen molar-refractivity contribution in [3.05, 3.63) is 28.2 Å². The number of benzene rings is 1. The summed E-state index contributed by atoms with van der Waals surface area (Å²) in [5.74, 6) is 0.843. The van der Waals surface area contributed by atoms with Gasteiger partial charge in [-0.25, -0.2) is 0 Å². The summed E-state index contributed by atoms with van der Waals surface area (Å²) >= 11 is 3.46. The molecular weight excluding hydrogens is 308 g/mol. The Morgan fingerprint density at radius 3 is 3.05 bits per heavy atom. The molecule has 2 rings (SSSR count). The van der Waals surface area contributed by atoms with Crippen LogP contribution in [0.25, 0.3) is 0 Å². The van der Waals surface area contributed by atoms with E-state index in [2.05, 4.69) is 27.9 Å². The fourth-order valence-electron chi connectivity index (χ4n) is 2.16. The van der Waals surface area contributed by atoms with Gasteiger partial charge in [0.1, 0.15) is 18.5 Å². The number of morpholine rings is 1. The Bertz CT molecular complexity index is 426. The van der Waals surface area contributed by atoms with Crippen LogP contribution in [-0.2, 0) is 4.74 Å². The van der Waals surface area contributed by atoms with Crippen LogP contribution in [0.1, 0.15) is 18.5 Å². The van der Waals surface area contributed by atoms with Crippen LogP contribution >= 0.6 is 15.9 Å². The molecule has 4 nitrogen and oxygen atoms in total. The third-order valence-electron chi connectivity index (χ3n) is 3.23. The maximum absolute atomic E-state index is 5.97. The monoisotopic (exact) mass is 328 g/mol. The summed E-state index contributed by atoms with van der Waals surface area (Å²) in [4.78, 5) is 2.26. The molecule has 2 N–H and O–H groups in total. The molecule has 5 heteroatoms. The molecule has 1 aliphatic rings. The molecule has 1 aromatic rings. The van der Waals surface area contributed by atoms with Gasteiger partial charge in [0.25, 0.3) is 0 Å². The zero-order valence-corrected chi connectivity index (χ0v) is 13.0. The molecular formula is C14H21BrN2O2. The largest absolute Gasteiger partial charge is 0.490 e. The van der Waals surface area contributed by atoms with Gasteiger partial charge in [0, 0.05) is 29.2 Å². The Labute approximate surface area is 123 Å². The van der Waals surface area contributed by atoms with E-state index in [-0.39, 0.29) is 12.1 Å². The second kappa shape index (κ2) is 6.70. The van der Waals surface area contributed by atoms with Crippen LogP contribution in [0.2, 0.25) is 0 Å². The molecule has 1 unspecified atom stereocenters. The fraction of sp³-hybridized carbons (Fsp3) is 0.571. The fourth-order valence-corrected chi connectivity index (χ4v) is 2.54. The van der Waals surface area contributed by atoms with Gasteiger partial charge in [-0.1, -0.05) is 15.9 Å². The van der Waals surface area contributed by atoms with E-state index in [4.69, 9.17) is 15.2 Å². The second-order valence-corrected chi connectivity index (χ2v) is 5.95. The maximum atomic E-state index is 5.97. The molecule has 0 spiro atoms. The van der Waals surface area contributed by atoms with Gasteiger partial charge in [-0.3, -0.25) is 0 Å². The summed E-state index contributed by atoms with van der Waals surface area (Å²) < 4.78 is 12.6. The lowest BCUT2D eigenvalue weighted by Crippen LogP contribution is -2.42. The van der Waals surface area contributed by atoms with Crippen molar-refractivity contribution >= 4 is 15.9 Å². The first kappa shape index (κ1) is 14.8. The number of ether oxygens (including phenoxy) is 2. The van der Waals surface area contributed by atoms with Gasteiger partial charge in [0.2, 0.25) is 0 Å². The molecule has 0 aliphatic carbocycles. The van der Waals surface area contributed by atoms with Crippen LogP contribution in [0.3, 0.4) is 0 Å². The van der Waals surface area contributed by atoms with E-state index in [1.807, 2.05) is 25.1 Å². The molecule has 2 atom stereocenters. The van der Waals surface area contributed by atoms with Gasteiger partial charge in [0.15, 0.2) is 0 Å². The number of likely N-dealkylation sites (N-methyl/N-ethyl adjacent to an activating group) is 1. The molecule has 19 heavy (non-hydrogen) atoms. The Morgan fingerprint density at radius 1 is 1.58 bits per heavy atom. The minimum Gasteiger partial charge on any atom is -0.490 e. The standard InChI is InChI=1S/C14H21BrN2O2/c1-10(16)13-7-11(15)3-4-14(13)19-9-12-8-17(2)5-6-18-12/h3-4,7,10,12H,5-6,8-9,16H2,1-2H3/t10-,12?/m0/s1. The van der Waals surface area contributed by atoms with Crippen molar-refractivity contribution in [2.24, 2.45) is 5.73 Å².